The minimum atomic E-state index is 0. The summed E-state index contributed by atoms with van der Waals surface area (Å²) >= 11 is 0. The largest absolute Gasteiger partial charge is 0.356 e. The summed E-state index contributed by atoms with van der Waals surface area (Å²) < 4.78 is 0. The number of hydrogen-bond donors (Lipinski definition) is 2. The fourth-order valence-corrected chi connectivity index (χ4v) is 2.49. The Kier molecular flexibility index (Phi) is 13.9. The Hall–Kier alpha value is -0.0400. The molecule has 0 bridgehead atoms. The standard InChI is InChI=1S/C15H32N4.HI/c1-3-4-5-7-10-17-15(16-2)18-11-14-19-12-8-6-9-13-19;/h3-14H2,1-2H3,(H2,16,17,18);1H. The zero-order valence-corrected chi connectivity index (χ0v) is 15.6. The van der Waals surface area contributed by atoms with E-state index in [-0.39, 0.29) is 24.0 Å². The molecule has 0 atom stereocenters. The van der Waals surface area contributed by atoms with Crippen LogP contribution in [0.4, 0.5) is 0 Å². The van der Waals surface area contributed by atoms with E-state index in [4.69, 9.17) is 0 Å². The number of rotatable bonds is 8. The fourth-order valence-electron chi connectivity index (χ4n) is 2.49. The van der Waals surface area contributed by atoms with Gasteiger partial charge in [-0.05, 0) is 32.4 Å². The van der Waals surface area contributed by atoms with Crippen molar-refractivity contribution in [1.82, 2.24) is 15.5 Å². The summed E-state index contributed by atoms with van der Waals surface area (Å²) in [5.74, 6) is 0.952. The minimum absolute atomic E-state index is 0. The van der Waals surface area contributed by atoms with Gasteiger partial charge in [0.2, 0.25) is 0 Å². The van der Waals surface area contributed by atoms with Gasteiger partial charge in [0, 0.05) is 26.7 Å². The van der Waals surface area contributed by atoms with Gasteiger partial charge < -0.3 is 15.5 Å². The van der Waals surface area contributed by atoms with Gasteiger partial charge in [-0.2, -0.15) is 0 Å². The van der Waals surface area contributed by atoms with Crippen molar-refractivity contribution in [1.29, 1.82) is 0 Å². The van der Waals surface area contributed by atoms with Crippen LogP contribution in [0.15, 0.2) is 4.99 Å². The number of unbranched alkanes of at least 4 members (excludes halogenated alkanes) is 3. The molecular weight excluding hydrogens is 363 g/mol. The maximum absolute atomic E-state index is 4.26. The molecule has 5 heteroatoms. The highest BCUT2D eigenvalue weighted by Gasteiger charge is 2.09. The lowest BCUT2D eigenvalue weighted by Crippen LogP contribution is -2.42. The van der Waals surface area contributed by atoms with E-state index < -0.39 is 0 Å². The lowest BCUT2D eigenvalue weighted by molar-refractivity contribution is 0.232. The van der Waals surface area contributed by atoms with Crippen molar-refractivity contribution in [3.63, 3.8) is 0 Å². The van der Waals surface area contributed by atoms with E-state index in [2.05, 4.69) is 27.4 Å². The van der Waals surface area contributed by atoms with E-state index in [1.165, 1.54) is 58.0 Å². The molecule has 1 aliphatic heterocycles. The van der Waals surface area contributed by atoms with Crippen molar-refractivity contribution in [2.24, 2.45) is 4.99 Å². The van der Waals surface area contributed by atoms with Gasteiger partial charge >= 0.3 is 0 Å². The molecular formula is C15H33IN4. The SMILES string of the molecule is CCCCCCNC(=NC)NCCN1CCCCC1.I. The molecule has 4 nitrogen and oxygen atoms in total. The zero-order chi connectivity index (χ0) is 13.8. The lowest BCUT2D eigenvalue weighted by atomic mass is 10.1. The molecule has 0 unspecified atom stereocenters. The number of piperidine rings is 1. The second-order valence-electron chi connectivity index (χ2n) is 5.39. The van der Waals surface area contributed by atoms with E-state index >= 15 is 0 Å². The van der Waals surface area contributed by atoms with Gasteiger partial charge in [0.05, 0.1) is 0 Å². The summed E-state index contributed by atoms with van der Waals surface area (Å²) in [6.07, 6.45) is 9.32. The van der Waals surface area contributed by atoms with E-state index in [1.54, 1.807) is 0 Å². The molecule has 0 aromatic carbocycles. The van der Waals surface area contributed by atoms with Crippen LogP contribution in [0.2, 0.25) is 0 Å². The van der Waals surface area contributed by atoms with Crippen LogP contribution >= 0.6 is 24.0 Å². The molecule has 1 rings (SSSR count). The number of nitrogens with zero attached hydrogens (tertiary/aromatic N) is 2. The highest BCUT2D eigenvalue weighted by molar-refractivity contribution is 14.0. The second kappa shape index (κ2) is 13.9. The third-order valence-electron chi connectivity index (χ3n) is 3.72. The Morgan fingerprint density at radius 3 is 2.35 bits per heavy atom. The number of hydrogen-bond acceptors (Lipinski definition) is 2. The maximum atomic E-state index is 4.26. The first kappa shape index (κ1) is 20.0. The Morgan fingerprint density at radius 2 is 1.70 bits per heavy atom. The molecule has 1 heterocycles. The molecule has 20 heavy (non-hydrogen) atoms. The molecule has 120 valence electrons. The number of guanidine groups is 1. The first-order valence-corrected chi connectivity index (χ1v) is 8.03. The summed E-state index contributed by atoms with van der Waals surface area (Å²) in [7, 11) is 1.85. The fraction of sp³-hybridized carbons (Fsp3) is 0.933. The minimum Gasteiger partial charge on any atom is -0.356 e. The Balaban J connectivity index is 0.00000361. The molecule has 0 amide bonds. The van der Waals surface area contributed by atoms with Crippen molar-refractivity contribution in [3.8, 4) is 0 Å². The van der Waals surface area contributed by atoms with Crippen molar-refractivity contribution in [2.75, 3.05) is 39.8 Å². The molecule has 1 saturated heterocycles. The second-order valence-corrected chi connectivity index (χ2v) is 5.39. The average molecular weight is 396 g/mol. The number of likely N-dealkylation sites (tertiary alicyclic amines) is 1. The van der Waals surface area contributed by atoms with Gasteiger partial charge in [-0.1, -0.05) is 32.6 Å². The molecule has 2 N–H and O–H groups in total. The van der Waals surface area contributed by atoms with E-state index in [0.29, 0.717) is 0 Å². The lowest BCUT2D eigenvalue weighted by Gasteiger charge is -2.26. The third kappa shape index (κ3) is 9.80. The molecule has 0 aromatic rings. The van der Waals surface area contributed by atoms with Crippen molar-refractivity contribution < 1.29 is 0 Å². The van der Waals surface area contributed by atoms with Crippen LogP contribution in [0.1, 0.15) is 51.9 Å². The Labute approximate surface area is 142 Å². The first-order valence-electron chi connectivity index (χ1n) is 8.03. The van der Waals surface area contributed by atoms with Crippen molar-refractivity contribution in [3.05, 3.63) is 0 Å². The van der Waals surface area contributed by atoms with Gasteiger partial charge in [-0.3, -0.25) is 4.99 Å². The topological polar surface area (TPSA) is 39.7 Å². The van der Waals surface area contributed by atoms with Crippen LogP contribution in [-0.2, 0) is 0 Å². The summed E-state index contributed by atoms with van der Waals surface area (Å²) in [5, 5.41) is 6.79. The number of aliphatic imine (C=N–C) groups is 1. The van der Waals surface area contributed by atoms with E-state index in [0.717, 1.165) is 25.6 Å². The Bertz CT molecular complexity index is 240. The maximum Gasteiger partial charge on any atom is 0.191 e. The summed E-state index contributed by atoms with van der Waals surface area (Å²) in [5.41, 5.74) is 0. The highest BCUT2D eigenvalue weighted by atomic mass is 127. The average Bonchev–Trinajstić information content (AvgIpc) is 2.46. The van der Waals surface area contributed by atoms with Crippen LogP contribution in [0.25, 0.3) is 0 Å². The summed E-state index contributed by atoms with van der Waals surface area (Å²) in [4.78, 5) is 6.81. The third-order valence-corrected chi connectivity index (χ3v) is 3.72. The molecule has 1 aliphatic rings. The van der Waals surface area contributed by atoms with Gasteiger partial charge in [-0.25, -0.2) is 0 Å². The van der Waals surface area contributed by atoms with E-state index in [9.17, 15) is 0 Å². The van der Waals surface area contributed by atoms with Crippen LogP contribution < -0.4 is 10.6 Å². The van der Waals surface area contributed by atoms with E-state index in [1.807, 2.05) is 7.05 Å². The molecule has 0 saturated carbocycles. The molecule has 0 aromatic heterocycles. The monoisotopic (exact) mass is 396 g/mol. The van der Waals surface area contributed by atoms with Gasteiger partial charge in [0.1, 0.15) is 0 Å². The predicted molar refractivity (Wildman–Crippen MR) is 99.2 cm³/mol. The number of halogens is 1. The van der Waals surface area contributed by atoms with Crippen molar-refractivity contribution in [2.45, 2.75) is 51.9 Å². The summed E-state index contributed by atoms with van der Waals surface area (Å²) in [6, 6.07) is 0. The van der Waals surface area contributed by atoms with Crippen LogP contribution in [0.3, 0.4) is 0 Å². The first-order chi connectivity index (χ1) is 9.36. The van der Waals surface area contributed by atoms with Gasteiger partial charge in [0.25, 0.3) is 0 Å². The van der Waals surface area contributed by atoms with Crippen LogP contribution in [-0.4, -0.2) is 50.6 Å². The normalized spacial score (nSPS) is 16.6. The number of nitrogens with one attached hydrogen (secondary N) is 2. The van der Waals surface area contributed by atoms with Gasteiger partial charge in [0.15, 0.2) is 5.96 Å². The zero-order valence-electron chi connectivity index (χ0n) is 13.3. The molecule has 0 spiro atoms. The molecule has 0 aliphatic carbocycles. The summed E-state index contributed by atoms with van der Waals surface area (Å²) in [6.45, 7) is 7.94. The highest BCUT2D eigenvalue weighted by Crippen LogP contribution is 2.07. The smallest absolute Gasteiger partial charge is 0.191 e. The molecule has 0 radical (unpaired) electrons. The Morgan fingerprint density at radius 1 is 1.00 bits per heavy atom. The van der Waals surface area contributed by atoms with Crippen LogP contribution in [0, 0.1) is 0 Å². The predicted octanol–water partition coefficient (Wildman–Crippen LogP) is 2.84. The van der Waals surface area contributed by atoms with Gasteiger partial charge in [-0.15, -0.1) is 24.0 Å². The van der Waals surface area contributed by atoms with Crippen LogP contribution in [0.5, 0.6) is 0 Å². The van der Waals surface area contributed by atoms with Crippen molar-refractivity contribution >= 4 is 29.9 Å². The molecule has 1 fully saturated rings. The quantitative estimate of drug-likeness (QED) is 0.287.